The van der Waals surface area contributed by atoms with E-state index >= 15 is 0 Å². The lowest BCUT2D eigenvalue weighted by atomic mass is 9.98. The van der Waals surface area contributed by atoms with Crippen molar-refractivity contribution in [2.24, 2.45) is 4.99 Å². The highest BCUT2D eigenvalue weighted by atomic mass is 16.5. The van der Waals surface area contributed by atoms with Crippen molar-refractivity contribution in [2.75, 3.05) is 6.54 Å². The van der Waals surface area contributed by atoms with Crippen LogP contribution in [0.2, 0.25) is 0 Å². The summed E-state index contributed by atoms with van der Waals surface area (Å²) in [6, 6.07) is 9.38. The first-order valence-electron chi connectivity index (χ1n) is 7.28. The molecule has 0 heterocycles. The van der Waals surface area contributed by atoms with E-state index in [1.54, 1.807) is 0 Å². The number of rotatable bonds is 4. The largest absolute Gasteiger partial charge is 0.445 e. The Morgan fingerprint density at radius 2 is 1.81 bits per heavy atom. The van der Waals surface area contributed by atoms with Gasteiger partial charge < -0.3 is 10.1 Å². The van der Waals surface area contributed by atoms with E-state index in [2.05, 4.69) is 10.3 Å². The smallest absolute Gasteiger partial charge is 0.407 e. The minimum absolute atomic E-state index is 0.114. The number of benzene rings is 1. The fourth-order valence-corrected chi connectivity index (χ4v) is 2.21. The molecule has 1 fully saturated rings. The van der Waals surface area contributed by atoms with Crippen LogP contribution in [0, 0.1) is 0 Å². The number of alkyl carbamates (subject to hydrolysis) is 1. The van der Waals surface area contributed by atoms with Gasteiger partial charge in [0.15, 0.2) is 0 Å². The van der Waals surface area contributed by atoms with Gasteiger partial charge in [-0.15, -0.1) is 0 Å². The molecule has 0 unspecified atom stereocenters. The summed E-state index contributed by atoms with van der Waals surface area (Å²) < 4.78 is 5.02. The van der Waals surface area contributed by atoms with Gasteiger partial charge in [0.2, 0.25) is 0 Å². The number of hydrogen-bond acceptors (Lipinski definition) is 3. The number of nitrogens with one attached hydrogen (secondary N) is 1. The van der Waals surface area contributed by atoms with E-state index in [4.69, 9.17) is 4.74 Å². The second-order valence-electron chi connectivity index (χ2n) is 5.05. The third kappa shape index (κ3) is 5.77. The van der Waals surface area contributed by atoms with Crippen molar-refractivity contribution in [3.8, 4) is 0 Å². The van der Waals surface area contributed by atoms with Crippen LogP contribution >= 0.6 is 0 Å². The molecule has 1 saturated carbocycles. The van der Waals surface area contributed by atoms with Crippen LogP contribution in [0.1, 0.15) is 37.7 Å². The summed E-state index contributed by atoms with van der Waals surface area (Å²) in [6.07, 6.45) is 4.58. The molecule has 2 amide bonds. The fourth-order valence-electron chi connectivity index (χ4n) is 2.21. The van der Waals surface area contributed by atoms with Gasteiger partial charge in [-0.25, -0.2) is 9.79 Å². The van der Waals surface area contributed by atoms with Crippen molar-refractivity contribution in [1.29, 1.82) is 0 Å². The maximum atomic E-state index is 11.6. The zero-order valence-electron chi connectivity index (χ0n) is 12.0. The highest BCUT2D eigenvalue weighted by molar-refractivity contribution is 5.97. The van der Waals surface area contributed by atoms with Crippen LogP contribution in [0.5, 0.6) is 0 Å². The zero-order valence-corrected chi connectivity index (χ0v) is 12.0. The molecule has 21 heavy (non-hydrogen) atoms. The van der Waals surface area contributed by atoms with Crippen LogP contribution in [-0.2, 0) is 16.1 Å². The number of aliphatic imine (C=N–C) groups is 1. The summed E-state index contributed by atoms with van der Waals surface area (Å²) in [7, 11) is 0. The predicted octanol–water partition coefficient (Wildman–Crippen LogP) is 2.84. The quantitative estimate of drug-likeness (QED) is 0.926. The van der Waals surface area contributed by atoms with Gasteiger partial charge in [-0.1, -0.05) is 36.8 Å². The first kappa shape index (κ1) is 15.2. The maximum Gasteiger partial charge on any atom is 0.407 e. The molecule has 1 aromatic rings. The number of hydrogen-bond donors (Lipinski definition) is 1. The third-order valence-corrected chi connectivity index (χ3v) is 3.31. The van der Waals surface area contributed by atoms with Crippen molar-refractivity contribution in [2.45, 2.75) is 38.7 Å². The Kier molecular flexibility index (Phi) is 5.94. The molecule has 1 N–H and O–H groups in total. The van der Waals surface area contributed by atoms with Gasteiger partial charge in [0.05, 0.1) is 0 Å². The normalized spacial score (nSPS) is 14.4. The molecular weight excluding hydrogens is 268 g/mol. The highest BCUT2D eigenvalue weighted by Gasteiger charge is 2.10. The standard InChI is InChI=1S/C16H20N2O3/c19-15(18-14-9-5-2-6-10-14)11-17-16(20)21-12-13-7-3-1-4-8-13/h1,3-4,7-8H,2,5-6,9-12H2,(H,17,20). The van der Waals surface area contributed by atoms with Gasteiger partial charge in [-0.05, 0) is 31.2 Å². The van der Waals surface area contributed by atoms with E-state index in [0.29, 0.717) is 0 Å². The van der Waals surface area contributed by atoms with Crippen LogP contribution in [0.3, 0.4) is 0 Å². The Morgan fingerprint density at radius 1 is 1.10 bits per heavy atom. The van der Waals surface area contributed by atoms with Crippen LogP contribution in [0.25, 0.3) is 0 Å². The monoisotopic (exact) mass is 288 g/mol. The van der Waals surface area contributed by atoms with E-state index in [-0.39, 0.29) is 19.1 Å². The topological polar surface area (TPSA) is 67.8 Å². The summed E-state index contributed by atoms with van der Waals surface area (Å²) in [4.78, 5) is 27.1. The van der Waals surface area contributed by atoms with E-state index in [0.717, 1.165) is 37.0 Å². The molecule has 1 aromatic carbocycles. The van der Waals surface area contributed by atoms with Crippen molar-refractivity contribution < 1.29 is 14.3 Å². The number of carbonyl (C=O) groups excluding carboxylic acids is 2. The molecule has 0 atom stereocenters. The number of ether oxygens (including phenoxy) is 1. The molecule has 112 valence electrons. The molecule has 1 aliphatic rings. The first-order valence-corrected chi connectivity index (χ1v) is 7.28. The highest BCUT2D eigenvalue weighted by Crippen LogP contribution is 2.14. The Balaban J connectivity index is 1.67. The van der Waals surface area contributed by atoms with Crippen molar-refractivity contribution in [3.63, 3.8) is 0 Å². The molecule has 5 heteroatoms. The van der Waals surface area contributed by atoms with Gasteiger partial charge in [0.25, 0.3) is 5.91 Å². The zero-order chi connectivity index (χ0) is 14.9. The van der Waals surface area contributed by atoms with Gasteiger partial charge in [-0.2, -0.15) is 0 Å². The predicted molar refractivity (Wildman–Crippen MR) is 80.2 cm³/mol. The average molecular weight is 288 g/mol. The van der Waals surface area contributed by atoms with Gasteiger partial charge in [-0.3, -0.25) is 4.79 Å². The Bertz CT molecular complexity index is 504. The third-order valence-electron chi connectivity index (χ3n) is 3.31. The average Bonchev–Trinajstić information content (AvgIpc) is 2.53. The van der Waals surface area contributed by atoms with Crippen molar-refractivity contribution in [1.82, 2.24) is 5.32 Å². The van der Waals surface area contributed by atoms with Gasteiger partial charge in [0, 0.05) is 5.71 Å². The minimum Gasteiger partial charge on any atom is -0.445 e. The summed E-state index contributed by atoms with van der Waals surface area (Å²) in [6.45, 7) is 0.0759. The van der Waals surface area contributed by atoms with E-state index in [9.17, 15) is 9.59 Å². The summed E-state index contributed by atoms with van der Waals surface area (Å²) in [5, 5.41) is 2.42. The molecule has 5 nitrogen and oxygen atoms in total. The van der Waals surface area contributed by atoms with Crippen LogP contribution in [-0.4, -0.2) is 24.3 Å². The molecular formula is C16H20N2O3. The van der Waals surface area contributed by atoms with E-state index < -0.39 is 6.09 Å². The lowest BCUT2D eigenvalue weighted by Gasteiger charge is -2.11. The number of amides is 2. The minimum atomic E-state index is -0.601. The van der Waals surface area contributed by atoms with Crippen LogP contribution in [0.4, 0.5) is 4.79 Å². The summed E-state index contributed by atoms with van der Waals surface area (Å²) >= 11 is 0. The molecule has 0 aliphatic heterocycles. The van der Waals surface area contributed by atoms with Gasteiger partial charge >= 0.3 is 6.09 Å². The molecule has 1 aliphatic carbocycles. The molecule has 0 radical (unpaired) electrons. The number of carbonyl (C=O) groups is 2. The SMILES string of the molecule is O=C(CNC(=O)OCc1ccccc1)N=C1CCCCC1. The van der Waals surface area contributed by atoms with Crippen LogP contribution < -0.4 is 5.32 Å². The lowest BCUT2D eigenvalue weighted by Crippen LogP contribution is -2.29. The van der Waals surface area contributed by atoms with Gasteiger partial charge in [0.1, 0.15) is 13.2 Å². The molecule has 0 aromatic heterocycles. The lowest BCUT2D eigenvalue weighted by molar-refractivity contribution is -0.116. The molecule has 0 bridgehead atoms. The number of nitrogens with zero attached hydrogens (tertiary/aromatic N) is 1. The molecule has 0 saturated heterocycles. The maximum absolute atomic E-state index is 11.6. The second-order valence-corrected chi connectivity index (χ2v) is 5.05. The Labute approximate surface area is 124 Å². The first-order chi connectivity index (χ1) is 10.2. The molecule has 2 rings (SSSR count). The Morgan fingerprint density at radius 3 is 2.52 bits per heavy atom. The van der Waals surface area contributed by atoms with Crippen molar-refractivity contribution in [3.05, 3.63) is 35.9 Å². The Hall–Kier alpha value is -2.17. The molecule has 0 spiro atoms. The second kappa shape index (κ2) is 8.19. The summed E-state index contributed by atoms with van der Waals surface area (Å²) in [5.74, 6) is -0.316. The fraction of sp³-hybridized carbons (Fsp3) is 0.438. The summed E-state index contributed by atoms with van der Waals surface area (Å²) in [5.41, 5.74) is 1.85. The van der Waals surface area contributed by atoms with Crippen molar-refractivity contribution >= 4 is 17.7 Å². The van der Waals surface area contributed by atoms with Crippen LogP contribution in [0.15, 0.2) is 35.3 Å². The van der Waals surface area contributed by atoms with E-state index in [1.165, 1.54) is 6.42 Å². The van der Waals surface area contributed by atoms with E-state index in [1.807, 2.05) is 30.3 Å².